The van der Waals surface area contributed by atoms with Gasteiger partial charge in [0.2, 0.25) is 0 Å². The van der Waals surface area contributed by atoms with E-state index in [4.69, 9.17) is 9.52 Å². The first-order valence-corrected chi connectivity index (χ1v) is 10.6. The van der Waals surface area contributed by atoms with Gasteiger partial charge in [-0.3, -0.25) is 9.89 Å². The van der Waals surface area contributed by atoms with Gasteiger partial charge in [-0.25, -0.2) is 0 Å². The third-order valence-corrected chi connectivity index (χ3v) is 5.47. The second-order valence-electron chi connectivity index (χ2n) is 7.75. The molecule has 0 aliphatic carbocycles. The molecule has 0 radical (unpaired) electrons. The molecule has 1 saturated heterocycles. The Kier molecular flexibility index (Phi) is 9.81. The Balaban J connectivity index is 0.00000363. The number of piperazine rings is 1. The fourth-order valence-corrected chi connectivity index (χ4v) is 3.78. The number of guanidine groups is 1. The number of halogens is 4. The zero-order valence-corrected chi connectivity index (χ0v) is 21.0. The fraction of sp³-hybridized carbons (Fsp3) is 0.545. The summed E-state index contributed by atoms with van der Waals surface area (Å²) in [6.07, 6.45) is -3.54. The van der Waals surface area contributed by atoms with Crippen molar-refractivity contribution in [3.63, 3.8) is 0 Å². The summed E-state index contributed by atoms with van der Waals surface area (Å²) >= 11 is 0. The minimum atomic E-state index is -4.31. The van der Waals surface area contributed by atoms with Crippen LogP contribution in [-0.4, -0.2) is 60.2 Å². The number of aryl methyl sites for hydroxylation is 2. The van der Waals surface area contributed by atoms with Gasteiger partial charge in [0.05, 0.1) is 11.3 Å². The first-order chi connectivity index (χ1) is 14.8. The maximum absolute atomic E-state index is 12.9. The molecule has 1 aliphatic heterocycles. The minimum absolute atomic E-state index is 0. The predicted octanol–water partition coefficient (Wildman–Crippen LogP) is 4.25. The Labute approximate surface area is 204 Å². The summed E-state index contributed by atoms with van der Waals surface area (Å²) in [7, 11) is 0. The van der Waals surface area contributed by atoms with Gasteiger partial charge in [-0.1, -0.05) is 23.4 Å². The standard InChI is InChI=1S/C22H30F3N5O.HI/c1-4-26-21(27-9-8-20-16(2)28-31-17(20)3)30-12-10-29(11-13-30)15-18-6-5-7-19(14-18)22(23,24)25;/h5-7,14H,4,8-13,15H2,1-3H3,(H,26,27);1H. The molecule has 1 N–H and O–H groups in total. The zero-order valence-electron chi connectivity index (χ0n) is 18.7. The van der Waals surface area contributed by atoms with Crippen LogP contribution in [0.25, 0.3) is 0 Å². The van der Waals surface area contributed by atoms with Crippen molar-refractivity contribution in [2.24, 2.45) is 4.99 Å². The minimum Gasteiger partial charge on any atom is -0.361 e. The molecule has 0 amide bonds. The lowest BCUT2D eigenvalue weighted by Crippen LogP contribution is -2.52. The summed E-state index contributed by atoms with van der Waals surface area (Å²) < 4.78 is 44.0. The molecule has 1 aliphatic rings. The monoisotopic (exact) mass is 565 g/mol. The molecule has 3 rings (SSSR count). The van der Waals surface area contributed by atoms with Crippen LogP contribution in [0.4, 0.5) is 13.2 Å². The zero-order chi connectivity index (χ0) is 22.4. The third kappa shape index (κ3) is 7.09. The highest BCUT2D eigenvalue weighted by Gasteiger charge is 2.30. The average molecular weight is 565 g/mol. The summed E-state index contributed by atoms with van der Waals surface area (Å²) in [5.74, 6) is 1.70. The van der Waals surface area contributed by atoms with Gasteiger partial charge in [-0.15, -0.1) is 24.0 Å². The van der Waals surface area contributed by atoms with E-state index in [-0.39, 0.29) is 24.0 Å². The Morgan fingerprint density at radius 3 is 2.50 bits per heavy atom. The van der Waals surface area contributed by atoms with Crippen LogP contribution >= 0.6 is 24.0 Å². The molecule has 2 aromatic rings. The van der Waals surface area contributed by atoms with Gasteiger partial charge in [-0.2, -0.15) is 13.2 Å². The number of hydrogen-bond donors (Lipinski definition) is 1. The van der Waals surface area contributed by atoms with E-state index in [0.29, 0.717) is 18.7 Å². The average Bonchev–Trinajstić information content (AvgIpc) is 3.05. The van der Waals surface area contributed by atoms with Gasteiger partial charge in [0, 0.05) is 51.4 Å². The lowest BCUT2D eigenvalue weighted by Gasteiger charge is -2.36. The van der Waals surface area contributed by atoms with E-state index in [2.05, 4.69) is 20.3 Å². The predicted molar refractivity (Wildman–Crippen MR) is 129 cm³/mol. The normalized spacial score (nSPS) is 15.6. The molecule has 0 saturated carbocycles. The Hall–Kier alpha value is -1.82. The van der Waals surface area contributed by atoms with E-state index in [1.807, 2.05) is 20.8 Å². The maximum Gasteiger partial charge on any atom is 0.416 e. The van der Waals surface area contributed by atoms with Crippen LogP contribution < -0.4 is 5.32 Å². The summed E-state index contributed by atoms with van der Waals surface area (Å²) in [5, 5.41) is 7.33. The number of nitrogens with one attached hydrogen (secondary N) is 1. The molecule has 10 heteroatoms. The maximum atomic E-state index is 12.9. The molecule has 2 heterocycles. The lowest BCUT2D eigenvalue weighted by molar-refractivity contribution is -0.137. The molecule has 0 unspecified atom stereocenters. The number of hydrogen-bond acceptors (Lipinski definition) is 4. The first-order valence-electron chi connectivity index (χ1n) is 10.6. The second kappa shape index (κ2) is 11.9. The van der Waals surface area contributed by atoms with Crippen molar-refractivity contribution in [3.8, 4) is 0 Å². The highest BCUT2D eigenvalue weighted by Crippen LogP contribution is 2.29. The smallest absolute Gasteiger partial charge is 0.361 e. The molecule has 0 atom stereocenters. The van der Waals surface area contributed by atoms with Crippen molar-refractivity contribution in [3.05, 3.63) is 52.4 Å². The van der Waals surface area contributed by atoms with Crippen LogP contribution in [0.15, 0.2) is 33.8 Å². The van der Waals surface area contributed by atoms with E-state index in [1.54, 1.807) is 6.07 Å². The van der Waals surface area contributed by atoms with E-state index in [9.17, 15) is 13.2 Å². The number of rotatable bonds is 6. The van der Waals surface area contributed by atoms with Crippen molar-refractivity contribution in [1.29, 1.82) is 0 Å². The van der Waals surface area contributed by atoms with Gasteiger partial charge >= 0.3 is 6.18 Å². The molecule has 1 aromatic heterocycles. The van der Waals surface area contributed by atoms with E-state index >= 15 is 0 Å². The molecule has 6 nitrogen and oxygen atoms in total. The number of aliphatic imine (C=N–C) groups is 1. The summed E-state index contributed by atoms with van der Waals surface area (Å²) in [6.45, 7) is 10.9. The molecule has 32 heavy (non-hydrogen) atoms. The van der Waals surface area contributed by atoms with Gasteiger partial charge in [0.15, 0.2) is 5.96 Å². The van der Waals surface area contributed by atoms with Crippen molar-refractivity contribution >= 4 is 29.9 Å². The first kappa shape index (κ1) is 26.4. The van der Waals surface area contributed by atoms with Crippen molar-refractivity contribution in [2.45, 2.75) is 39.9 Å². The van der Waals surface area contributed by atoms with E-state index < -0.39 is 11.7 Å². The Bertz CT molecular complexity index is 872. The molecular weight excluding hydrogens is 534 g/mol. The number of benzene rings is 1. The lowest BCUT2D eigenvalue weighted by atomic mass is 10.1. The quantitative estimate of drug-likeness (QED) is 0.323. The Morgan fingerprint density at radius 1 is 1.19 bits per heavy atom. The van der Waals surface area contributed by atoms with Crippen molar-refractivity contribution < 1.29 is 17.7 Å². The molecule has 0 spiro atoms. The van der Waals surface area contributed by atoms with Gasteiger partial charge in [-0.05, 0) is 38.8 Å². The SMILES string of the molecule is CCNC(=NCCc1c(C)noc1C)N1CCN(Cc2cccc(C(F)(F)F)c2)CC1.I. The Morgan fingerprint density at radius 2 is 1.91 bits per heavy atom. The molecular formula is C22H31F3IN5O. The fourth-order valence-electron chi connectivity index (χ4n) is 3.78. The largest absolute Gasteiger partial charge is 0.416 e. The summed E-state index contributed by atoms with van der Waals surface area (Å²) in [4.78, 5) is 9.15. The summed E-state index contributed by atoms with van der Waals surface area (Å²) in [5.41, 5.74) is 2.10. The third-order valence-electron chi connectivity index (χ3n) is 5.47. The van der Waals surface area contributed by atoms with Gasteiger partial charge in [0.1, 0.15) is 5.76 Å². The van der Waals surface area contributed by atoms with Gasteiger partial charge in [0.25, 0.3) is 0 Å². The molecule has 1 aromatic carbocycles. The van der Waals surface area contributed by atoms with Gasteiger partial charge < -0.3 is 14.7 Å². The van der Waals surface area contributed by atoms with Crippen LogP contribution in [-0.2, 0) is 19.1 Å². The van der Waals surface area contributed by atoms with E-state index in [0.717, 1.165) is 68.2 Å². The second-order valence-corrected chi connectivity index (χ2v) is 7.75. The van der Waals surface area contributed by atoms with Crippen LogP contribution in [0.2, 0.25) is 0 Å². The number of alkyl halides is 3. The molecule has 0 bridgehead atoms. The van der Waals surface area contributed by atoms with Crippen molar-refractivity contribution in [1.82, 2.24) is 20.3 Å². The van der Waals surface area contributed by atoms with Crippen LogP contribution in [0.1, 0.15) is 35.1 Å². The topological polar surface area (TPSA) is 56.9 Å². The summed E-state index contributed by atoms with van der Waals surface area (Å²) in [6, 6.07) is 5.58. The number of nitrogens with zero attached hydrogens (tertiary/aromatic N) is 4. The van der Waals surface area contributed by atoms with Crippen LogP contribution in [0.3, 0.4) is 0 Å². The highest BCUT2D eigenvalue weighted by molar-refractivity contribution is 14.0. The van der Waals surface area contributed by atoms with Crippen LogP contribution in [0, 0.1) is 13.8 Å². The van der Waals surface area contributed by atoms with Crippen molar-refractivity contribution in [2.75, 3.05) is 39.3 Å². The highest BCUT2D eigenvalue weighted by atomic mass is 127. The van der Waals surface area contributed by atoms with Crippen LogP contribution in [0.5, 0.6) is 0 Å². The molecule has 1 fully saturated rings. The number of aromatic nitrogens is 1. The molecule has 178 valence electrons. The van der Waals surface area contributed by atoms with E-state index in [1.165, 1.54) is 12.1 Å².